The highest BCUT2D eigenvalue weighted by Crippen LogP contribution is 2.17. The van der Waals surface area contributed by atoms with Crippen LogP contribution in [0.25, 0.3) is 0 Å². The van der Waals surface area contributed by atoms with Crippen LogP contribution in [0.15, 0.2) is 0 Å². The van der Waals surface area contributed by atoms with E-state index in [1.807, 2.05) is 0 Å². The molecule has 0 aliphatic carbocycles. The number of aliphatic hydroxyl groups is 2. The molecule has 0 bridgehead atoms. The fourth-order valence-corrected chi connectivity index (χ4v) is 7.20. The molecular weight excluding hydrogens is 566 g/mol. The maximum Gasteiger partial charge on any atom is 0.0681 e. The number of piperazine rings is 1. The predicted molar refractivity (Wildman–Crippen MR) is 203 cm³/mol. The van der Waals surface area contributed by atoms with E-state index < -0.39 is 0 Å². The Bertz CT molecular complexity index is 558. The van der Waals surface area contributed by atoms with E-state index in [0.29, 0.717) is 13.1 Å². The van der Waals surface area contributed by atoms with Crippen molar-refractivity contribution in [1.82, 2.24) is 14.9 Å². The summed E-state index contributed by atoms with van der Waals surface area (Å²) < 4.78 is 0. The monoisotopic (exact) mass is 652 g/mol. The van der Waals surface area contributed by atoms with Gasteiger partial charge in [-0.1, -0.05) is 194 Å². The maximum atomic E-state index is 11.0. The van der Waals surface area contributed by atoms with E-state index in [1.165, 1.54) is 167 Å². The van der Waals surface area contributed by atoms with Crippen LogP contribution in [0.4, 0.5) is 0 Å². The lowest BCUT2D eigenvalue weighted by molar-refractivity contribution is -0.0954. The molecule has 276 valence electrons. The van der Waals surface area contributed by atoms with Gasteiger partial charge in [-0.2, -0.15) is 0 Å². The Hall–Kier alpha value is -0.200. The lowest BCUT2D eigenvalue weighted by Gasteiger charge is -2.41. The Kier molecular flexibility index (Phi) is 31.7. The second-order valence-electron chi connectivity index (χ2n) is 15.2. The number of unbranched alkanes of at least 4 members (excludes halogenated alkanes) is 26. The number of hydrogen-bond acceptors (Lipinski definition) is 5. The molecule has 2 unspecified atom stereocenters. The van der Waals surface area contributed by atoms with Crippen LogP contribution in [-0.4, -0.2) is 83.7 Å². The van der Waals surface area contributed by atoms with E-state index in [9.17, 15) is 10.2 Å². The van der Waals surface area contributed by atoms with Gasteiger partial charge in [0, 0.05) is 39.3 Å². The second kappa shape index (κ2) is 33.3. The zero-order chi connectivity index (χ0) is 33.3. The van der Waals surface area contributed by atoms with Gasteiger partial charge in [-0.25, -0.2) is 10.0 Å². The fourth-order valence-electron chi connectivity index (χ4n) is 7.20. The van der Waals surface area contributed by atoms with E-state index in [1.54, 1.807) is 0 Å². The average molecular weight is 652 g/mol. The normalized spacial score (nSPS) is 16.0. The third-order valence-electron chi connectivity index (χ3n) is 10.5. The smallest absolute Gasteiger partial charge is 0.0681 e. The minimum atomic E-state index is -0.301. The second-order valence-corrected chi connectivity index (χ2v) is 15.2. The van der Waals surface area contributed by atoms with Gasteiger partial charge in [-0.3, -0.25) is 0 Å². The van der Waals surface area contributed by atoms with Gasteiger partial charge in [-0.05, 0) is 19.9 Å². The number of hydrazine groups is 1. The SMILES string of the molecule is CCCCCCCCCCCCCCCCC(O)CN(CC(O)CCCCCCCCCCCCCCCC)N1CCN(C)CC1. The molecule has 1 fully saturated rings. The molecule has 0 aromatic carbocycles. The van der Waals surface area contributed by atoms with Crippen molar-refractivity contribution in [3.8, 4) is 0 Å². The molecule has 2 N–H and O–H groups in total. The van der Waals surface area contributed by atoms with Crippen molar-refractivity contribution in [2.45, 2.75) is 219 Å². The molecule has 5 heteroatoms. The van der Waals surface area contributed by atoms with Crippen molar-refractivity contribution in [2.24, 2.45) is 0 Å². The summed E-state index contributed by atoms with van der Waals surface area (Å²) in [6.07, 6.45) is 39.5. The van der Waals surface area contributed by atoms with Gasteiger partial charge in [0.25, 0.3) is 0 Å². The average Bonchev–Trinajstić information content (AvgIpc) is 3.05. The van der Waals surface area contributed by atoms with E-state index in [0.717, 1.165) is 51.9 Å². The Balaban J connectivity index is 2.11. The summed E-state index contributed by atoms with van der Waals surface area (Å²) in [5.74, 6) is 0. The summed E-state index contributed by atoms with van der Waals surface area (Å²) >= 11 is 0. The van der Waals surface area contributed by atoms with Crippen molar-refractivity contribution < 1.29 is 10.2 Å². The quantitative estimate of drug-likeness (QED) is 0.0668. The van der Waals surface area contributed by atoms with Crippen LogP contribution >= 0.6 is 0 Å². The summed E-state index contributed by atoms with van der Waals surface area (Å²) in [5.41, 5.74) is 0. The summed E-state index contributed by atoms with van der Waals surface area (Å²) in [4.78, 5) is 2.38. The third kappa shape index (κ3) is 27.7. The van der Waals surface area contributed by atoms with Gasteiger partial charge in [0.2, 0.25) is 0 Å². The molecule has 0 amide bonds. The first-order valence-electron chi connectivity index (χ1n) is 21.1. The van der Waals surface area contributed by atoms with Crippen LogP contribution in [0.1, 0.15) is 206 Å². The first-order valence-corrected chi connectivity index (χ1v) is 21.1. The molecule has 1 rings (SSSR count). The summed E-state index contributed by atoms with van der Waals surface area (Å²) in [6.45, 7) is 10.0. The molecule has 0 spiro atoms. The lowest BCUT2D eigenvalue weighted by Crippen LogP contribution is -2.56. The first-order chi connectivity index (χ1) is 22.6. The highest BCUT2D eigenvalue weighted by molar-refractivity contribution is 4.74. The van der Waals surface area contributed by atoms with Gasteiger partial charge in [0.05, 0.1) is 12.2 Å². The Morgan fingerprint density at radius 2 is 0.674 bits per heavy atom. The van der Waals surface area contributed by atoms with Crippen molar-refractivity contribution >= 4 is 0 Å². The lowest BCUT2D eigenvalue weighted by atomic mass is 10.0. The number of nitrogens with zero attached hydrogens (tertiary/aromatic N) is 3. The predicted octanol–water partition coefficient (Wildman–Crippen LogP) is 10.9. The fraction of sp³-hybridized carbons (Fsp3) is 1.00. The largest absolute Gasteiger partial charge is 0.392 e. The Morgan fingerprint density at radius 3 is 0.957 bits per heavy atom. The molecule has 46 heavy (non-hydrogen) atoms. The minimum absolute atomic E-state index is 0.301. The molecule has 1 saturated heterocycles. The van der Waals surface area contributed by atoms with E-state index in [2.05, 4.69) is 35.8 Å². The highest BCUT2D eigenvalue weighted by Gasteiger charge is 2.24. The van der Waals surface area contributed by atoms with Gasteiger partial charge >= 0.3 is 0 Å². The molecule has 5 nitrogen and oxygen atoms in total. The van der Waals surface area contributed by atoms with Crippen molar-refractivity contribution in [2.75, 3.05) is 46.3 Å². The van der Waals surface area contributed by atoms with E-state index in [4.69, 9.17) is 0 Å². The minimum Gasteiger partial charge on any atom is -0.392 e. The molecule has 0 aromatic rings. The first kappa shape index (κ1) is 43.8. The van der Waals surface area contributed by atoms with E-state index in [-0.39, 0.29) is 12.2 Å². The number of rotatable bonds is 35. The molecular formula is C41H85N3O2. The van der Waals surface area contributed by atoms with Gasteiger partial charge in [-0.15, -0.1) is 0 Å². The third-order valence-corrected chi connectivity index (χ3v) is 10.5. The zero-order valence-electron chi connectivity index (χ0n) is 31.8. The summed E-state index contributed by atoms with van der Waals surface area (Å²) in [5, 5.41) is 26.6. The van der Waals surface area contributed by atoms with Gasteiger partial charge in [0.1, 0.15) is 0 Å². The maximum absolute atomic E-state index is 11.0. The molecule has 0 saturated carbocycles. The van der Waals surface area contributed by atoms with Crippen LogP contribution in [0.2, 0.25) is 0 Å². The zero-order valence-corrected chi connectivity index (χ0v) is 31.8. The molecule has 0 aromatic heterocycles. The van der Waals surface area contributed by atoms with E-state index >= 15 is 0 Å². The van der Waals surface area contributed by atoms with Crippen LogP contribution in [-0.2, 0) is 0 Å². The standard InChI is InChI=1S/C41H85N3O2/c1-4-6-8-10-12-14-16-18-20-22-24-26-28-30-32-40(45)38-44(43-36-34-42(3)35-37-43)39-41(46)33-31-29-27-25-23-21-19-17-15-13-11-9-7-5-2/h40-41,45-46H,4-39H2,1-3H3. The number of hydrogen-bond donors (Lipinski definition) is 2. The Labute approximate surface area is 289 Å². The van der Waals surface area contributed by atoms with Gasteiger partial charge in [0.15, 0.2) is 0 Å². The molecule has 1 aliphatic heterocycles. The molecule has 1 heterocycles. The molecule has 1 aliphatic rings. The van der Waals surface area contributed by atoms with Crippen LogP contribution in [0.3, 0.4) is 0 Å². The molecule has 0 radical (unpaired) electrons. The summed E-state index contributed by atoms with van der Waals surface area (Å²) in [7, 11) is 2.19. The summed E-state index contributed by atoms with van der Waals surface area (Å²) in [6, 6.07) is 0. The number of aliphatic hydroxyl groups excluding tert-OH is 2. The highest BCUT2D eigenvalue weighted by atomic mass is 16.3. The van der Waals surface area contributed by atoms with Crippen molar-refractivity contribution in [3.05, 3.63) is 0 Å². The van der Waals surface area contributed by atoms with Crippen molar-refractivity contribution in [3.63, 3.8) is 0 Å². The topological polar surface area (TPSA) is 50.2 Å². The van der Waals surface area contributed by atoms with Crippen LogP contribution in [0, 0.1) is 0 Å². The van der Waals surface area contributed by atoms with Gasteiger partial charge < -0.3 is 15.1 Å². The van der Waals surface area contributed by atoms with Crippen molar-refractivity contribution in [1.29, 1.82) is 0 Å². The Morgan fingerprint density at radius 1 is 0.413 bits per heavy atom. The van der Waals surface area contributed by atoms with Crippen LogP contribution < -0.4 is 0 Å². The number of likely N-dealkylation sites (N-methyl/N-ethyl adjacent to an activating group) is 1. The molecule has 2 atom stereocenters. The van der Waals surface area contributed by atoms with Crippen LogP contribution in [0.5, 0.6) is 0 Å².